The van der Waals surface area contributed by atoms with Gasteiger partial charge in [-0.2, -0.15) is 0 Å². The Hall–Kier alpha value is -1.59. The number of amides is 1. The van der Waals surface area contributed by atoms with Crippen molar-refractivity contribution in [3.8, 4) is 5.75 Å². The van der Waals surface area contributed by atoms with Gasteiger partial charge in [-0.3, -0.25) is 9.69 Å². The van der Waals surface area contributed by atoms with Crippen molar-refractivity contribution >= 4 is 5.91 Å². The first-order valence-electron chi connectivity index (χ1n) is 10.5. The van der Waals surface area contributed by atoms with Crippen molar-refractivity contribution in [1.82, 2.24) is 9.80 Å². The van der Waals surface area contributed by atoms with E-state index in [4.69, 9.17) is 4.74 Å². The van der Waals surface area contributed by atoms with Gasteiger partial charge >= 0.3 is 0 Å². The molecule has 3 aliphatic rings. The van der Waals surface area contributed by atoms with E-state index in [0.29, 0.717) is 24.7 Å². The van der Waals surface area contributed by atoms with E-state index >= 15 is 0 Å². The molecule has 1 aliphatic carbocycles. The predicted octanol–water partition coefficient (Wildman–Crippen LogP) is 2.73. The van der Waals surface area contributed by atoms with Crippen LogP contribution in [0.2, 0.25) is 0 Å². The molecule has 4 rings (SSSR count). The molecule has 0 aromatic heterocycles. The average Bonchev–Trinajstić information content (AvgIpc) is 3.08. The number of benzene rings is 1. The molecule has 0 spiro atoms. The van der Waals surface area contributed by atoms with E-state index in [2.05, 4.69) is 11.0 Å². The van der Waals surface area contributed by atoms with Gasteiger partial charge in [0.2, 0.25) is 5.91 Å². The van der Waals surface area contributed by atoms with Gasteiger partial charge in [-0.15, -0.1) is 0 Å². The molecule has 5 heteroatoms. The van der Waals surface area contributed by atoms with Crippen LogP contribution in [-0.2, 0) is 28.9 Å². The number of aryl methyl sites for hydroxylation is 2. The second-order valence-electron chi connectivity index (χ2n) is 8.65. The SMILES string of the molecule is C[C@H]1CN(C(=O)C2CCN(Cc3cc4c(cc3O)CCC4)CC2)C[C@H](C)O1. The summed E-state index contributed by atoms with van der Waals surface area (Å²) in [6, 6.07) is 4.17. The number of rotatable bonds is 3. The molecule has 1 N–H and O–H groups in total. The topological polar surface area (TPSA) is 53.0 Å². The monoisotopic (exact) mass is 372 g/mol. The van der Waals surface area contributed by atoms with Crippen molar-refractivity contribution in [2.24, 2.45) is 5.92 Å². The average molecular weight is 373 g/mol. The number of carbonyl (C=O) groups is 1. The fourth-order valence-electron chi connectivity index (χ4n) is 4.98. The van der Waals surface area contributed by atoms with Crippen LogP contribution in [0.5, 0.6) is 5.75 Å². The number of morpholine rings is 1. The van der Waals surface area contributed by atoms with Crippen LogP contribution in [0.3, 0.4) is 0 Å². The van der Waals surface area contributed by atoms with Crippen molar-refractivity contribution in [2.45, 2.75) is 64.7 Å². The maximum atomic E-state index is 12.9. The van der Waals surface area contributed by atoms with Crippen LogP contribution in [-0.4, -0.2) is 59.2 Å². The van der Waals surface area contributed by atoms with Gasteiger partial charge in [0.1, 0.15) is 5.75 Å². The lowest BCUT2D eigenvalue weighted by atomic mass is 9.94. The maximum absolute atomic E-state index is 12.9. The van der Waals surface area contributed by atoms with Crippen molar-refractivity contribution in [3.05, 3.63) is 28.8 Å². The van der Waals surface area contributed by atoms with Crippen LogP contribution in [0.25, 0.3) is 0 Å². The summed E-state index contributed by atoms with van der Waals surface area (Å²) in [5.41, 5.74) is 3.76. The molecule has 2 saturated heterocycles. The molecule has 0 saturated carbocycles. The summed E-state index contributed by atoms with van der Waals surface area (Å²) in [6.45, 7) is 8.14. The number of piperidine rings is 1. The fraction of sp³-hybridized carbons (Fsp3) is 0.682. The maximum Gasteiger partial charge on any atom is 0.225 e. The molecule has 27 heavy (non-hydrogen) atoms. The number of aromatic hydroxyl groups is 1. The summed E-state index contributed by atoms with van der Waals surface area (Å²) in [7, 11) is 0. The summed E-state index contributed by atoms with van der Waals surface area (Å²) < 4.78 is 5.75. The molecule has 1 aromatic carbocycles. The van der Waals surface area contributed by atoms with Crippen molar-refractivity contribution in [1.29, 1.82) is 0 Å². The number of carbonyl (C=O) groups excluding carboxylic acids is 1. The molecule has 1 amide bonds. The molecule has 5 nitrogen and oxygen atoms in total. The van der Waals surface area contributed by atoms with Crippen molar-refractivity contribution in [2.75, 3.05) is 26.2 Å². The van der Waals surface area contributed by atoms with Crippen molar-refractivity contribution in [3.63, 3.8) is 0 Å². The predicted molar refractivity (Wildman–Crippen MR) is 105 cm³/mol. The van der Waals surface area contributed by atoms with Gasteiger partial charge in [0, 0.05) is 31.1 Å². The van der Waals surface area contributed by atoms with E-state index in [1.54, 1.807) is 0 Å². The molecule has 0 radical (unpaired) electrons. The molecule has 148 valence electrons. The van der Waals surface area contributed by atoms with Gasteiger partial charge in [0.15, 0.2) is 0 Å². The van der Waals surface area contributed by atoms with Crippen LogP contribution >= 0.6 is 0 Å². The smallest absolute Gasteiger partial charge is 0.225 e. The highest BCUT2D eigenvalue weighted by Crippen LogP contribution is 2.31. The standard InChI is InChI=1S/C22H32N2O3/c1-15-12-24(13-16(2)27-15)22(26)17-6-8-23(9-7-17)14-20-10-18-4-3-5-19(18)11-21(20)25/h10-11,15-17,25H,3-9,12-14H2,1-2H3/t15-,16-/m0/s1. The van der Waals surface area contributed by atoms with Gasteiger partial charge in [0.25, 0.3) is 0 Å². The minimum absolute atomic E-state index is 0.126. The van der Waals surface area contributed by atoms with Gasteiger partial charge in [-0.25, -0.2) is 0 Å². The number of fused-ring (bicyclic) bond motifs is 1. The highest BCUT2D eigenvalue weighted by atomic mass is 16.5. The Morgan fingerprint density at radius 3 is 2.41 bits per heavy atom. The zero-order chi connectivity index (χ0) is 19.0. The minimum Gasteiger partial charge on any atom is -0.508 e. The van der Waals surface area contributed by atoms with E-state index in [1.165, 1.54) is 17.5 Å². The lowest BCUT2D eigenvalue weighted by molar-refractivity contribution is -0.148. The molecule has 2 aliphatic heterocycles. The van der Waals surface area contributed by atoms with E-state index < -0.39 is 0 Å². The Balaban J connectivity index is 1.32. The highest BCUT2D eigenvalue weighted by molar-refractivity contribution is 5.79. The van der Waals surface area contributed by atoms with Crippen LogP contribution in [0.4, 0.5) is 0 Å². The van der Waals surface area contributed by atoms with Gasteiger partial charge in [-0.1, -0.05) is 6.07 Å². The Morgan fingerprint density at radius 2 is 1.74 bits per heavy atom. The molecule has 1 aromatic rings. The number of phenols is 1. The first kappa shape index (κ1) is 18.8. The zero-order valence-corrected chi connectivity index (χ0v) is 16.6. The second kappa shape index (κ2) is 7.80. The van der Waals surface area contributed by atoms with Crippen LogP contribution in [0, 0.1) is 5.92 Å². The van der Waals surface area contributed by atoms with Crippen LogP contribution in [0.15, 0.2) is 12.1 Å². The summed E-state index contributed by atoms with van der Waals surface area (Å²) in [5, 5.41) is 10.4. The molecular weight excluding hydrogens is 340 g/mol. The first-order valence-corrected chi connectivity index (χ1v) is 10.5. The molecule has 0 bridgehead atoms. The van der Waals surface area contributed by atoms with Crippen molar-refractivity contribution < 1.29 is 14.6 Å². The highest BCUT2D eigenvalue weighted by Gasteiger charge is 2.32. The number of likely N-dealkylation sites (tertiary alicyclic amines) is 1. The molecule has 2 atom stereocenters. The molecule has 2 fully saturated rings. The number of hydrogen-bond donors (Lipinski definition) is 1. The third-order valence-corrected chi connectivity index (χ3v) is 6.36. The summed E-state index contributed by atoms with van der Waals surface area (Å²) in [5.74, 6) is 0.870. The zero-order valence-electron chi connectivity index (χ0n) is 16.6. The Morgan fingerprint density at radius 1 is 1.11 bits per heavy atom. The Labute approximate surface area is 162 Å². The quantitative estimate of drug-likeness (QED) is 0.886. The van der Waals surface area contributed by atoms with E-state index in [9.17, 15) is 9.90 Å². The van der Waals surface area contributed by atoms with Gasteiger partial charge in [0.05, 0.1) is 12.2 Å². The Kier molecular flexibility index (Phi) is 5.42. The third kappa shape index (κ3) is 4.14. The summed E-state index contributed by atoms with van der Waals surface area (Å²) >= 11 is 0. The molecule has 0 unspecified atom stereocenters. The third-order valence-electron chi connectivity index (χ3n) is 6.36. The molecule has 2 heterocycles. The number of ether oxygens (including phenoxy) is 1. The summed E-state index contributed by atoms with van der Waals surface area (Å²) in [6.07, 6.45) is 5.49. The lowest BCUT2D eigenvalue weighted by Gasteiger charge is -2.39. The number of nitrogens with zero attached hydrogens (tertiary/aromatic N) is 2. The van der Waals surface area contributed by atoms with E-state index in [0.717, 1.165) is 50.9 Å². The van der Waals surface area contributed by atoms with E-state index in [-0.39, 0.29) is 18.1 Å². The normalized spacial score (nSPS) is 27.0. The second-order valence-corrected chi connectivity index (χ2v) is 8.65. The summed E-state index contributed by atoms with van der Waals surface area (Å²) in [4.78, 5) is 17.3. The minimum atomic E-state index is 0.126. The Bertz CT molecular complexity index is 687. The first-order chi connectivity index (χ1) is 13.0. The van der Waals surface area contributed by atoms with Crippen LogP contribution < -0.4 is 0 Å². The number of phenolic OH excluding ortho intramolecular Hbond substituents is 1. The van der Waals surface area contributed by atoms with Crippen LogP contribution in [0.1, 0.15) is 49.8 Å². The number of hydrogen-bond acceptors (Lipinski definition) is 4. The van der Waals surface area contributed by atoms with Gasteiger partial charge in [-0.05, 0) is 76.2 Å². The molecular formula is C22H32N2O3. The van der Waals surface area contributed by atoms with Gasteiger partial charge < -0.3 is 14.7 Å². The fourth-order valence-corrected chi connectivity index (χ4v) is 4.98. The largest absolute Gasteiger partial charge is 0.508 e. The van der Waals surface area contributed by atoms with E-state index in [1.807, 2.05) is 24.8 Å². The lowest BCUT2D eigenvalue weighted by Crippen LogP contribution is -2.51.